The Labute approximate surface area is 112 Å². The molecule has 1 aromatic heterocycles. The predicted octanol–water partition coefficient (Wildman–Crippen LogP) is 5.56. The largest absolute Gasteiger partial charge is 0.456 e. The first-order valence-electron chi connectivity index (χ1n) is 5.16. The van der Waals surface area contributed by atoms with E-state index in [1.165, 1.54) is 5.54 Å². The van der Waals surface area contributed by atoms with Crippen LogP contribution in [0.15, 0.2) is 50.8 Å². The van der Waals surface area contributed by atoms with Crippen molar-refractivity contribution in [2.45, 2.75) is 0 Å². The van der Waals surface area contributed by atoms with Crippen LogP contribution in [0.4, 0.5) is 0 Å². The highest BCUT2D eigenvalue weighted by Crippen LogP contribution is 2.31. The third-order valence-electron chi connectivity index (χ3n) is 2.71. The van der Waals surface area contributed by atoms with Crippen LogP contribution in [0.2, 0.25) is 0 Å². The lowest BCUT2D eigenvalue weighted by Gasteiger charge is -1.93. The Bertz CT molecular complexity index is 727. The molecule has 0 saturated carbocycles. The van der Waals surface area contributed by atoms with Crippen LogP contribution >= 0.6 is 27.5 Å². The Morgan fingerprint density at radius 1 is 1.00 bits per heavy atom. The minimum Gasteiger partial charge on any atom is -0.456 e. The molecule has 17 heavy (non-hydrogen) atoms. The number of halogens is 2. The summed E-state index contributed by atoms with van der Waals surface area (Å²) in [6.07, 6.45) is 1.86. The monoisotopic (exact) mass is 306 g/mol. The van der Waals surface area contributed by atoms with Crippen molar-refractivity contribution in [3.05, 3.63) is 52.0 Å². The Kier molecular flexibility index (Phi) is 2.69. The van der Waals surface area contributed by atoms with Crippen LogP contribution in [-0.4, -0.2) is 0 Å². The van der Waals surface area contributed by atoms with Crippen LogP contribution in [0.1, 0.15) is 5.56 Å². The smallest absolute Gasteiger partial charge is 0.135 e. The maximum absolute atomic E-state index is 5.76. The summed E-state index contributed by atoms with van der Waals surface area (Å²) in [5.41, 5.74) is 4.37. The molecule has 0 spiro atoms. The number of hydrogen-bond acceptors (Lipinski definition) is 1. The van der Waals surface area contributed by atoms with Crippen LogP contribution in [0.3, 0.4) is 0 Å². The van der Waals surface area contributed by atoms with Gasteiger partial charge in [0.25, 0.3) is 0 Å². The lowest BCUT2D eigenvalue weighted by molar-refractivity contribution is 0.669. The first kappa shape index (κ1) is 10.9. The minimum absolute atomic E-state index is 0.893. The van der Waals surface area contributed by atoms with Crippen molar-refractivity contribution in [1.82, 2.24) is 0 Å². The first-order chi connectivity index (χ1) is 8.28. The summed E-state index contributed by atoms with van der Waals surface area (Å²) in [5, 5.41) is 2.22. The van der Waals surface area contributed by atoms with E-state index in [9.17, 15) is 0 Å². The molecule has 1 nitrogen and oxygen atoms in total. The van der Waals surface area contributed by atoms with E-state index >= 15 is 0 Å². The number of fused-ring (bicyclic) bond motifs is 3. The zero-order valence-corrected chi connectivity index (χ0v) is 11.1. The molecule has 0 aliphatic heterocycles. The second-order valence-corrected chi connectivity index (χ2v) is 4.96. The van der Waals surface area contributed by atoms with E-state index in [0.717, 1.165) is 32.0 Å². The summed E-state index contributed by atoms with van der Waals surface area (Å²) >= 11 is 9.07. The van der Waals surface area contributed by atoms with Crippen LogP contribution in [0, 0.1) is 0 Å². The summed E-state index contributed by atoms with van der Waals surface area (Å²) in [4.78, 5) is 0. The molecule has 0 unspecified atom stereocenters. The van der Waals surface area contributed by atoms with Gasteiger partial charge in [0.15, 0.2) is 0 Å². The molecular formula is C14H8BrClO. The average Bonchev–Trinajstić information content (AvgIpc) is 2.67. The maximum atomic E-state index is 5.76. The van der Waals surface area contributed by atoms with Crippen molar-refractivity contribution in [2.24, 2.45) is 0 Å². The van der Waals surface area contributed by atoms with E-state index in [1.54, 1.807) is 0 Å². The van der Waals surface area contributed by atoms with Crippen LogP contribution < -0.4 is 0 Å². The third kappa shape index (κ3) is 1.88. The van der Waals surface area contributed by atoms with E-state index in [-0.39, 0.29) is 0 Å². The van der Waals surface area contributed by atoms with Crippen LogP contribution in [0.25, 0.3) is 28.0 Å². The van der Waals surface area contributed by atoms with Gasteiger partial charge in [0.05, 0.1) is 0 Å². The highest BCUT2D eigenvalue weighted by molar-refractivity contribution is 9.10. The topological polar surface area (TPSA) is 13.1 Å². The summed E-state index contributed by atoms with van der Waals surface area (Å²) in [7, 11) is 0. The molecule has 2 aromatic carbocycles. The van der Waals surface area contributed by atoms with Gasteiger partial charge in [-0.1, -0.05) is 33.6 Å². The van der Waals surface area contributed by atoms with Gasteiger partial charge in [0, 0.05) is 20.8 Å². The van der Waals surface area contributed by atoms with Gasteiger partial charge in [-0.05, 0) is 42.0 Å². The maximum Gasteiger partial charge on any atom is 0.135 e. The fourth-order valence-corrected chi connectivity index (χ4v) is 2.45. The molecule has 3 heteroatoms. The lowest BCUT2D eigenvalue weighted by atomic mass is 10.1. The van der Waals surface area contributed by atoms with Crippen molar-refractivity contribution < 1.29 is 4.42 Å². The van der Waals surface area contributed by atoms with Gasteiger partial charge < -0.3 is 4.42 Å². The quantitative estimate of drug-likeness (QED) is 0.574. The van der Waals surface area contributed by atoms with E-state index in [1.807, 2.05) is 30.3 Å². The van der Waals surface area contributed by atoms with Crippen molar-refractivity contribution in [1.29, 1.82) is 0 Å². The third-order valence-corrected chi connectivity index (χ3v) is 3.33. The van der Waals surface area contributed by atoms with E-state index in [0.29, 0.717) is 0 Å². The first-order valence-corrected chi connectivity index (χ1v) is 6.39. The Morgan fingerprint density at radius 2 is 1.71 bits per heavy atom. The number of rotatable bonds is 1. The summed E-state index contributed by atoms with van der Waals surface area (Å²) < 4.78 is 6.81. The Morgan fingerprint density at radius 3 is 2.47 bits per heavy atom. The molecule has 0 fully saturated rings. The summed E-state index contributed by atoms with van der Waals surface area (Å²) in [6, 6.07) is 12.0. The fraction of sp³-hybridized carbons (Fsp3) is 0. The van der Waals surface area contributed by atoms with E-state index in [4.69, 9.17) is 16.0 Å². The second kappa shape index (κ2) is 4.21. The molecule has 3 rings (SSSR count). The van der Waals surface area contributed by atoms with Gasteiger partial charge in [0.1, 0.15) is 11.2 Å². The molecule has 3 aromatic rings. The lowest BCUT2D eigenvalue weighted by Crippen LogP contribution is -1.71. The van der Waals surface area contributed by atoms with Gasteiger partial charge in [-0.3, -0.25) is 0 Å². The van der Waals surface area contributed by atoms with Crippen molar-refractivity contribution >= 4 is 55.5 Å². The molecule has 0 saturated heterocycles. The predicted molar refractivity (Wildman–Crippen MR) is 76.3 cm³/mol. The molecule has 0 atom stereocenters. The van der Waals surface area contributed by atoms with Crippen molar-refractivity contribution in [2.75, 3.05) is 0 Å². The molecule has 0 N–H and O–H groups in total. The Hall–Kier alpha value is -1.25. The number of benzene rings is 2. The zero-order valence-electron chi connectivity index (χ0n) is 8.78. The van der Waals surface area contributed by atoms with Gasteiger partial charge in [-0.2, -0.15) is 0 Å². The molecule has 0 radical (unpaired) electrons. The van der Waals surface area contributed by atoms with Crippen molar-refractivity contribution in [3.8, 4) is 0 Å². The van der Waals surface area contributed by atoms with Gasteiger partial charge in [0.2, 0.25) is 0 Å². The average molecular weight is 308 g/mol. The fourth-order valence-electron chi connectivity index (χ4n) is 1.94. The Balaban J connectivity index is 2.39. The second-order valence-electron chi connectivity index (χ2n) is 3.79. The molecule has 0 aliphatic carbocycles. The summed E-state index contributed by atoms with van der Waals surface area (Å²) in [6.45, 7) is 0. The summed E-state index contributed by atoms with van der Waals surface area (Å²) in [5.74, 6) is 0. The van der Waals surface area contributed by atoms with Gasteiger partial charge >= 0.3 is 0 Å². The molecular weight excluding hydrogens is 300 g/mol. The van der Waals surface area contributed by atoms with E-state index in [2.05, 4.69) is 28.1 Å². The molecule has 0 amide bonds. The van der Waals surface area contributed by atoms with Gasteiger partial charge in [-0.25, -0.2) is 0 Å². The van der Waals surface area contributed by atoms with Crippen LogP contribution in [-0.2, 0) is 0 Å². The minimum atomic E-state index is 0.893. The standard InChI is InChI=1S/C14H8BrClO/c15-10-2-4-14-12(8-10)11-7-9(5-6-16)1-3-13(11)17-14/h1-8H/b6-5+. The van der Waals surface area contributed by atoms with Gasteiger partial charge in [-0.15, -0.1) is 0 Å². The molecule has 1 heterocycles. The highest BCUT2D eigenvalue weighted by Gasteiger charge is 2.07. The SMILES string of the molecule is Cl/C=C/c1ccc2oc3ccc(Br)cc3c2c1. The number of hydrogen-bond donors (Lipinski definition) is 0. The van der Waals surface area contributed by atoms with Crippen molar-refractivity contribution in [3.63, 3.8) is 0 Å². The van der Waals surface area contributed by atoms with E-state index < -0.39 is 0 Å². The molecule has 0 aliphatic rings. The molecule has 84 valence electrons. The zero-order chi connectivity index (χ0) is 11.8. The highest BCUT2D eigenvalue weighted by atomic mass is 79.9. The normalized spacial score (nSPS) is 11.9. The van der Waals surface area contributed by atoms with Crippen LogP contribution in [0.5, 0.6) is 0 Å². The number of furan rings is 1. The molecule has 0 bridgehead atoms.